The molecule has 1 aromatic heterocycles. The van der Waals surface area contributed by atoms with Crippen LogP contribution >= 0.6 is 36.2 Å². The molecule has 132 valence electrons. The summed E-state index contributed by atoms with van der Waals surface area (Å²) in [5.74, 6) is -0.00515. The summed E-state index contributed by atoms with van der Waals surface area (Å²) in [5, 5.41) is 8.85. The maximum atomic E-state index is 12.9. The fourth-order valence-corrected chi connectivity index (χ4v) is 3.38. The summed E-state index contributed by atoms with van der Waals surface area (Å²) < 4.78 is 12.9. The number of piperidine rings is 1. The first-order chi connectivity index (χ1) is 10.6. The Morgan fingerprint density at radius 3 is 2.71 bits per heavy atom. The minimum Gasteiger partial charge on any atom is -0.348 e. The van der Waals surface area contributed by atoms with Crippen molar-refractivity contribution in [2.24, 2.45) is 5.92 Å². The standard InChI is InChI=1S/C16H18FN3OS.2ClH/c1-10-8-18-7-6-13(10)19-15(21)14-9-22-16(20-14)11-2-4-12(17)5-3-11;;/h2-5,9-10,13,18H,6-8H2,1H3,(H,19,21);2*1H. The minimum atomic E-state index is -0.279. The van der Waals surface area contributed by atoms with E-state index in [9.17, 15) is 9.18 Å². The van der Waals surface area contributed by atoms with Gasteiger partial charge in [0, 0.05) is 17.0 Å². The maximum Gasteiger partial charge on any atom is 0.271 e. The van der Waals surface area contributed by atoms with Crippen molar-refractivity contribution in [2.75, 3.05) is 13.1 Å². The van der Waals surface area contributed by atoms with Crippen LogP contribution in [0.2, 0.25) is 0 Å². The van der Waals surface area contributed by atoms with Crippen molar-refractivity contribution < 1.29 is 9.18 Å². The van der Waals surface area contributed by atoms with Crippen molar-refractivity contribution in [1.29, 1.82) is 0 Å². The Balaban J connectivity index is 0.00000144. The molecule has 0 spiro atoms. The highest BCUT2D eigenvalue weighted by Crippen LogP contribution is 2.24. The quantitative estimate of drug-likeness (QED) is 0.841. The zero-order valence-corrected chi connectivity index (χ0v) is 15.6. The van der Waals surface area contributed by atoms with Gasteiger partial charge in [0.15, 0.2) is 0 Å². The van der Waals surface area contributed by atoms with Gasteiger partial charge in [-0.1, -0.05) is 6.92 Å². The summed E-state index contributed by atoms with van der Waals surface area (Å²) in [4.78, 5) is 16.7. The molecule has 1 aliphatic heterocycles. The minimum absolute atomic E-state index is 0. The lowest BCUT2D eigenvalue weighted by Crippen LogP contribution is -2.48. The number of halogens is 3. The molecule has 24 heavy (non-hydrogen) atoms. The van der Waals surface area contributed by atoms with Gasteiger partial charge in [0.05, 0.1) is 0 Å². The summed E-state index contributed by atoms with van der Waals surface area (Å²) in [7, 11) is 0. The Hall–Kier alpha value is -1.21. The molecule has 2 aromatic rings. The third-order valence-electron chi connectivity index (χ3n) is 3.93. The molecule has 0 bridgehead atoms. The first-order valence-corrected chi connectivity index (χ1v) is 8.24. The van der Waals surface area contributed by atoms with Crippen molar-refractivity contribution in [1.82, 2.24) is 15.6 Å². The lowest BCUT2D eigenvalue weighted by Gasteiger charge is -2.29. The molecule has 0 saturated carbocycles. The molecule has 0 radical (unpaired) electrons. The van der Waals surface area contributed by atoms with Gasteiger partial charge in [0.2, 0.25) is 0 Å². The van der Waals surface area contributed by atoms with Crippen molar-refractivity contribution in [3.63, 3.8) is 0 Å². The Bertz CT molecular complexity index is 666. The van der Waals surface area contributed by atoms with Gasteiger partial charge in [0.25, 0.3) is 5.91 Å². The summed E-state index contributed by atoms with van der Waals surface area (Å²) in [6.07, 6.45) is 0.932. The molecule has 1 saturated heterocycles. The highest BCUT2D eigenvalue weighted by Gasteiger charge is 2.24. The van der Waals surface area contributed by atoms with Crippen LogP contribution in [0.1, 0.15) is 23.8 Å². The number of carbonyl (C=O) groups is 1. The smallest absolute Gasteiger partial charge is 0.271 e. The van der Waals surface area contributed by atoms with Gasteiger partial charge in [-0.2, -0.15) is 0 Å². The molecule has 0 aliphatic carbocycles. The largest absolute Gasteiger partial charge is 0.348 e. The summed E-state index contributed by atoms with van der Waals surface area (Å²) in [6.45, 7) is 3.97. The van der Waals surface area contributed by atoms with E-state index in [0.29, 0.717) is 11.6 Å². The Morgan fingerprint density at radius 2 is 2.04 bits per heavy atom. The van der Waals surface area contributed by atoms with Gasteiger partial charge < -0.3 is 10.6 Å². The van der Waals surface area contributed by atoms with Crippen molar-refractivity contribution in [2.45, 2.75) is 19.4 Å². The predicted octanol–water partition coefficient (Wildman–Crippen LogP) is 3.52. The average molecular weight is 392 g/mol. The molecule has 2 N–H and O–H groups in total. The van der Waals surface area contributed by atoms with Crippen molar-refractivity contribution in [3.05, 3.63) is 41.2 Å². The van der Waals surface area contributed by atoms with E-state index in [-0.39, 0.29) is 42.6 Å². The maximum absolute atomic E-state index is 12.9. The topological polar surface area (TPSA) is 54.0 Å². The number of carbonyl (C=O) groups excluding carboxylic acids is 1. The lowest BCUT2D eigenvalue weighted by atomic mass is 9.95. The second-order valence-corrected chi connectivity index (χ2v) is 6.45. The van der Waals surface area contributed by atoms with Crippen LogP contribution in [0.15, 0.2) is 29.6 Å². The van der Waals surface area contributed by atoms with Crippen LogP contribution in [0.25, 0.3) is 10.6 Å². The van der Waals surface area contributed by atoms with Gasteiger partial charge in [-0.25, -0.2) is 9.37 Å². The van der Waals surface area contributed by atoms with Crippen LogP contribution in [0, 0.1) is 11.7 Å². The normalized spacial score (nSPS) is 19.8. The number of hydrogen-bond donors (Lipinski definition) is 2. The predicted molar refractivity (Wildman–Crippen MR) is 99.9 cm³/mol. The third-order valence-corrected chi connectivity index (χ3v) is 4.82. The molecule has 2 heterocycles. The summed E-state index contributed by atoms with van der Waals surface area (Å²) in [6, 6.07) is 6.32. The number of benzene rings is 1. The number of nitrogens with one attached hydrogen (secondary N) is 2. The molecule has 1 aromatic carbocycles. The fraction of sp³-hybridized carbons (Fsp3) is 0.375. The van der Waals surface area contributed by atoms with Crippen LogP contribution in [0.4, 0.5) is 4.39 Å². The molecule has 1 fully saturated rings. The molecule has 1 aliphatic rings. The van der Waals surface area contributed by atoms with E-state index < -0.39 is 0 Å². The van der Waals surface area contributed by atoms with E-state index in [1.807, 2.05) is 0 Å². The second-order valence-electron chi connectivity index (χ2n) is 5.59. The van der Waals surface area contributed by atoms with Gasteiger partial charge in [-0.05, 0) is 49.7 Å². The van der Waals surface area contributed by atoms with E-state index in [0.717, 1.165) is 30.1 Å². The highest BCUT2D eigenvalue weighted by atomic mass is 35.5. The Kier molecular flexibility index (Phi) is 8.09. The second kappa shape index (κ2) is 9.32. The monoisotopic (exact) mass is 391 g/mol. The van der Waals surface area contributed by atoms with Crippen LogP contribution in [0.5, 0.6) is 0 Å². The van der Waals surface area contributed by atoms with E-state index in [1.165, 1.54) is 23.5 Å². The van der Waals surface area contributed by atoms with Gasteiger partial charge in [-0.15, -0.1) is 36.2 Å². The zero-order chi connectivity index (χ0) is 15.5. The number of hydrogen-bond acceptors (Lipinski definition) is 4. The first kappa shape index (κ1) is 20.8. The highest BCUT2D eigenvalue weighted by molar-refractivity contribution is 7.13. The van der Waals surface area contributed by atoms with E-state index in [1.54, 1.807) is 17.5 Å². The Morgan fingerprint density at radius 1 is 1.33 bits per heavy atom. The molecule has 1 amide bonds. The molecule has 2 atom stereocenters. The number of aromatic nitrogens is 1. The van der Waals surface area contributed by atoms with Crippen LogP contribution < -0.4 is 10.6 Å². The average Bonchev–Trinajstić information content (AvgIpc) is 3.00. The number of thiazole rings is 1. The molecule has 8 heteroatoms. The third kappa shape index (κ3) is 4.89. The van der Waals surface area contributed by atoms with Crippen LogP contribution in [-0.4, -0.2) is 30.0 Å². The molecule has 2 unspecified atom stereocenters. The number of nitrogens with zero attached hydrogens (tertiary/aromatic N) is 1. The van der Waals surface area contributed by atoms with Gasteiger partial charge in [0.1, 0.15) is 16.5 Å². The molecule has 4 nitrogen and oxygen atoms in total. The number of rotatable bonds is 3. The van der Waals surface area contributed by atoms with Crippen molar-refractivity contribution >= 4 is 42.1 Å². The van der Waals surface area contributed by atoms with E-state index in [2.05, 4.69) is 22.5 Å². The molecule has 3 rings (SSSR count). The van der Waals surface area contributed by atoms with Gasteiger partial charge in [-0.3, -0.25) is 4.79 Å². The van der Waals surface area contributed by atoms with Crippen LogP contribution in [-0.2, 0) is 0 Å². The molecular weight excluding hydrogens is 372 g/mol. The van der Waals surface area contributed by atoms with E-state index >= 15 is 0 Å². The Labute approximate surface area is 157 Å². The summed E-state index contributed by atoms with van der Waals surface area (Å²) >= 11 is 1.39. The lowest BCUT2D eigenvalue weighted by molar-refractivity contribution is 0.0910. The summed E-state index contributed by atoms with van der Waals surface area (Å²) in [5.41, 5.74) is 1.25. The SMILES string of the molecule is CC1CNCCC1NC(=O)c1csc(-c2ccc(F)cc2)n1.Cl.Cl. The first-order valence-electron chi connectivity index (χ1n) is 7.36. The fourth-order valence-electron chi connectivity index (χ4n) is 2.57. The van der Waals surface area contributed by atoms with Crippen molar-refractivity contribution in [3.8, 4) is 10.6 Å². The molecular formula is C16H20Cl2FN3OS. The number of amides is 1. The van der Waals surface area contributed by atoms with E-state index in [4.69, 9.17) is 0 Å². The van der Waals surface area contributed by atoms with Gasteiger partial charge >= 0.3 is 0 Å². The van der Waals surface area contributed by atoms with Crippen LogP contribution in [0.3, 0.4) is 0 Å². The zero-order valence-electron chi connectivity index (χ0n) is 13.1.